The Morgan fingerprint density at radius 2 is 2.32 bits per heavy atom. The van der Waals surface area contributed by atoms with Gasteiger partial charge in [-0.3, -0.25) is 14.4 Å². The lowest BCUT2D eigenvalue weighted by Gasteiger charge is -2.34. The SMILES string of the molecule is Cn1ncnc1CN1CCS(=O)(=O)CC1CC(=O)O. The number of carbonyl (C=O) groups is 1. The molecule has 0 spiro atoms. The molecule has 0 bridgehead atoms. The Morgan fingerprint density at radius 3 is 2.89 bits per heavy atom. The minimum Gasteiger partial charge on any atom is -0.481 e. The number of nitrogens with zero attached hydrogens (tertiary/aromatic N) is 4. The van der Waals surface area contributed by atoms with Crippen LogP contribution in [-0.4, -0.2) is 63.3 Å². The maximum Gasteiger partial charge on any atom is 0.304 e. The molecule has 2 heterocycles. The lowest BCUT2D eigenvalue weighted by Crippen LogP contribution is -2.49. The van der Waals surface area contributed by atoms with E-state index < -0.39 is 21.8 Å². The smallest absolute Gasteiger partial charge is 0.304 e. The van der Waals surface area contributed by atoms with Gasteiger partial charge in [-0.15, -0.1) is 0 Å². The summed E-state index contributed by atoms with van der Waals surface area (Å²) < 4.78 is 24.8. The van der Waals surface area contributed by atoms with Crippen LogP contribution < -0.4 is 0 Å². The molecular formula is C10H16N4O4S. The summed E-state index contributed by atoms with van der Waals surface area (Å²) in [4.78, 5) is 16.8. The second-order valence-corrected chi connectivity index (χ2v) is 6.87. The third-order valence-corrected chi connectivity index (χ3v) is 4.91. The van der Waals surface area contributed by atoms with Crippen molar-refractivity contribution in [3.8, 4) is 0 Å². The van der Waals surface area contributed by atoms with Gasteiger partial charge in [0.15, 0.2) is 9.84 Å². The number of carboxylic acid groups (broad SMARTS) is 1. The van der Waals surface area contributed by atoms with E-state index in [1.807, 2.05) is 4.90 Å². The van der Waals surface area contributed by atoms with Gasteiger partial charge in [0.25, 0.3) is 0 Å². The van der Waals surface area contributed by atoms with Crippen LogP contribution in [0.3, 0.4) is 0 Å². The van der Waals surface area contributed by atoms with E-state index in [0.717, 1.165) is 0 Å². The van der Waals surface area contributed by atoms with Crippen molar-refractivity contribution in [3.05, 3.63) is 12.2 Å². The third kappa shape index (κ3) is 3.51. The van der Waals surface area contributed by atoms with Gasteiger partial charge in [-0.05, 0) is 0 Å². The van der Waals surface area contributed by atoms with E-state index in [4.69, 9.17) is 5.11 Å². The van der Waals surface area contributed by atoms with Crippen molar-refractivity contribution in [2.24, 2.45) is 7.05 Å². The summed E-state index contributed by atoms with van der Waals surface area (Å²) in [7, 11) is -1.40. The molecule has 0 saturated carbocycles. The Bertz CT molecular complexity index is 568. The van der Waals surface area contributed by atoms with E-state index in [9.17, 15) is 13.2 Å². The summed E-state index contributed by atoms with van der Waals surface area (Å²) in [6.07, 6.45) is 1.24. The molecule has 1 aliphatic rings. The summed E-state index contributed by atoms with van der Waals surface area (Å²) in [6, 6.07) is -0.507. The molecule has 0 aliphatic carbocycles. The lowest BCUT2D eigenvalue weighted by molar-refractivity contribution is -0.138. The fourth-order valence-electron chi connectivity index (χ4n) is 2.16. The molecule has 1 saturated heterocycles. The Labute approximate surface area is 111 Å². The van der Waals surface area contributed by atoms with Crippen LogP contribution in [0, 0.1) is 0 Å². The van der Waals surface area contributed by atoms with Crippen molar-refractivity contribution in [2.45, 2.75) is 19.0 Å². The van der Waals surface area contributed by atoms with Crippen molar-refractivity contribution in [2.75, 3.05) is 18.1 Å². The van der Waals surface area contributed by atoms with E-state index in [2.05, 4.69) is 10.1 Å². The second kappa shape index (κ2) is 5.25. The summed E-state index contributed by atoms with van der Waals surface area (Å²) in [5.41, 5.74) is 0. The van der Waals surface area contributed by atoms with Crippen LogP contribution in [0.5, 0.6) is 0 Å². The summed E-state index contributed by atoms with van der Waals surface area (Å²) in [5, 5.41) is 12.8. The van der Waals surface area contributed by atoms with E-state index in [1.165, 1.54) is 6.33 Å². The van der Waals surface area contributed by atoms with E-state index >= 15 is 0 Å². The zero-order valence-electron chi connectivity index (χ0n) is 10.6. The first kappa shape index (κ1) is 13.9. The molecular weight excluding hydrogens is 272 g/mol. The first-order chi connectivity index (χ1) is 8.87. The molecule has 2 rings (SSSR count). The molecule has 106 valence electrons. The van der Waals surface area contributed by atoms with Crippen molar-refractivity contribution in [1.29, 1.82) is 0 Å². The van der Waals surface area contributed by atoms with Crippen LogP contribution >= 0.6 is 0 Å². The molecule has 1 aromatic heterocycles. The van der Waals surface area contributed by atoms with Gasteiger partial charge in [0.1, 0.15) is 12.2 Å². The number of sulfone groups is 1. The maximum atomic E-state index is 11.6. The number of carboxylic acids is 1. The average Bonchev–Trinajstić information content (AvgIpc) is 2.67. The minimum atomic E-state index is -3.15. The van der Waals surface area contributed by atoms with E-state index in [1.54, 1.807) is 11.7 Å². The highest BCUT2D eigenvalue weighted by molar-refractivity contribution is 7.91. The van der Waals surface area contributed by atoms with E-state index in [-0.39, 0.29) is 17.9 Å². The quantitative estimate of drug-likeness (QED) is 0.748. The predicted octanol–water partition coefficient (Wildman–Crippen LogP) is -1.11. The molecule has 9 heteroatoms. The molecule has 1 fully saturated rings. The average molecular weight is 288 g/mol. The molecule has 1 aliphatic heterocycles. The third-order valence-electron chi connectivity index (χ3n) is 3.21. The first-order valence-corrected chi connectivity index (χ1v) is 7.68. The molecule has 1 atom stereocenters. The number of rotatable bonds is 4. The highest BCUT2D eigenvalue weighted by atomic mass is 32.2. The molecule has 1 aromatic rings. The number of aromatic nitrogens is 3. The molecule has 8 nitrogen and oxygen atoms in total. The largest absolute Gasteiger partial charge is 0.481 e. The monoisotopic (exact) mass is 288 g/mol. The van der Waals surface area contributed by atoms with Gasteiger partial charge in [-0.25, -0.2) is 13.4 Å². The Hall–Kier alpha value is -1.48. The topological polar surface area (TPSA) is 105 Å². The van der Waals surface area contributed by atoms with Gasteiger partial charge in [-0.2, -0.15) is 5.10 Å². The summed E-state index contributed by atoms with van der Waals surface area (Å²) in [6.45, 7) is 0.733. The second-order valence-electron chi connectivity index (χ2n) is 4.64. The zero-order chi connectivity index (χ0) is 14.0. The number of aliphatic carboxylic acids is 1. The van der Waals surface area contributed by atoms with Gasteiger partial charge < -0.3 is 5.11 Å². The summed E-state index contributed by atoms with van der Waals surface area (Å²) >= 11 is 0. The highest BCUT2D eigenvalue weighted by Crippen LogP contribution is 2.17. The predicted molar refractivity (Wildman–Crippen MR) is 66.1 cm³/mol. The molecule has 0 amide bonds. The molecule has 1 unspecified atom stereocenters. The van der Waals surface area contributed by atoms with Crippen LogP contribution in [-0.2, 0) is 28.2 Å². The van der Waals surface area contributed by atoms with Crippen LogP contribution in [0.15, 0.2) is 6.33 Å². The van der Waals surface area contributed by atoms with Gasteiger partial charge in [0.05, 0.1) is 24.5 Å². The maximum absolute atomic E-state index is 11.6. The number of hydrogen-bond acceptors (Lipinski definition) is 6. The van der Waals surface area contributed by atoms with Crippen LogP contribution in [0.25, 0.3) is 0 Å². The van der Waals surface area contributed by atoms with Crippen molar-refractivity contribution >= 4 is 15.8 Å². The summed E-state index contributed by atoms with van der Waals surface area (Å²) in [5.74, 6) is -0.363. The Kier molecular flexibility index (Phi) is 3.85. The lowest BCUT2D eigenvalue weighted by atomic mass is 10.2. The molecule has 19 heavy (non-hydrogen) atoms. The van der Waals surface area contributed by atoms with E-state index in [0.29, 0.717) is 18.9 Å². The first-order valence-electron chi connectivity index (χ1n) is 5.86. The van der Waals surface area contributed by atoms with Gasteiger partial charge in [0, 0.05) is 19.6 Å². The Balaban J connectivity index is 2.13. The Morgan fingerprint density at radius 1 is 1.58 bits per heavy atom. The standard InChI is InChI=1S/C10H16N4O4S/c1-13-9(11-7-12-13)5-14-2-3-19(17,18)6-8(14)4-10(15)16/h7-8H,2-6H2,1H3,(H,15,16). The molecule has 1 N–H and O–H groups in total. The van der Waals surface area contributed by atoms with Crippen molar-refractivity contribution in [1.82, 2.24) is 19.7 Å². The fraction of sp³-hybridized carbons (Fsp3) is 0.700. The normalized spacial score (nSPS) is 23.3. The molecule has 0 aromatic carbocycles. The molecule has 0 radical (unpaired) electrons. The van der Waals surface area contributed by atoms with Crippen molar-refractivity contribution in [3.63, 3.8) is 0 Å². The van der Waals surface area contributed by atoms with Gasteiger partial charge in [0.2, 0.25) is 0 Å². The number of hydrogen-bond donors (Lipinski definition) is 1. The highest BCUT2D eigenvalue weighted by Gasteiger charge is 2.33. The number of aryl methyl sites for hydroxylation is 1. The van der Waals surface area contributed by atoms with Crippen molar-refractivity contribution < 1.29 is 18.3 Å². The van der Waals surface area contributed by atoms with Gasteiger partial charge >= 0.3 is 5.97 Å². The fourth-order valence-corrected chi connectivity index (χ4v) is 3.76. The van der Waals surface area contributed by atoms with Crippen LogP contribution in [0.1, 0.15) is 12.2 Å². The van der Waals surface area contributed by atoms with Crippen LogP contribution in [0.2, 0.25) is 0 Å². The zero-order valence-corrected chi connectivity index (χ0v) is 11.4. The minimum absolute atomic E-state index is 0.0565. The van der Waals surface area contributed by atoms with Crippen LogP contribution in [0.4, 0.5) is 0 Å². The van der Waals surface area contributed by atoms with Gasteiger partial charge in [-0.1, -0.05) is 0 Å².